The molecule has 0 saturated carbocycles. The Morgan fingerprint density at radius 2 is 2.00 bits per heavy atom. The van der Waals surface area contributed by atoms with Gasteiger partial charge in [0.1, 0.15) is 0 Å². The van der Waals surface area contributed by atoms with Crippen molar-refractivity contribution in [2.45, 2.75) is 31.7 Å². The number of rotatable bonds is 5. The van der Waals surface area contributed by atoms with Gasteiger partial charge < -0.3 is 10.8 Å². The van der Waals surface area contributed by atoms with Gasteiger partial charge in [-0.05, 0) is 30.5 Å². The smallest absolute Gasteiger partial charge is 0.241 e. The van der Waals surface area contributed by atoms with Crippen LogP contribution in [0, 0.1) is 12.8 Å². The Hall–Kier alpha value is -1.11. The summed E-state index contributed by atoms with van der Waals surface area (Å²) in [5.41, 5.74) is 6.62. The van der Waals surface area contributed by atoms with Crippen LogP contribution in [-0.4, -0.2) is 26.2 Å². The molecule has 0 aliphatic rings. The molecule has 0 spiro atoms. The van der Waals surface area contributed by atoms with Gasteiger partial charge in [0.05, 0.1) is 11.5 Å². The lowest BCUT2D eigenvalue weighted by atomic mass is 10.1. The Labute approximate surface area is 108 Å². The van der Waals surface area contributed by atoms with E-state index < -0.39 is 16.1 Å². The fourth-order valence-electron chi connectivity index (χ4n) is 1.55. The van der Waals surface area contributed by atoms with Gasteiger partial charge in [0.25, 0.3) is 0 Å². The molecule has 0 amide bonds. The number of nitrogens with two attached hydrogens (primary N) is 1. The minimum Gasteiger partial charge on any atom is -0.399 e. The van der Waals surface area contributed by atoms with Crippen molar-refractivity contribution < 1.29 is 13.5 Å². The summed E-state index contributed by atoms with van der Waals surface area (Å²) in [6, 6.07) is 4.23. The fraction of sp³-hybridized carbons (Fsp3) is 0.500. The van der Waals surface area contributed by atoms with Gasteiger partial charge in [-0.25, -0.2) is 13.1 Å². The second-order valence-corrected chi connectivity index (χ2v) is 6.36. The Balaban J connectivity index is 3.10. The highest BCUT2D eigenvalue weighted by Crippen LogP contribution is 2.19. The molecule has 102 valence electrons. The number of aryl methyl sites for hydroxylation is 1. The Kier molecular flexibility index (Phi) is 4.72. The molecule has 1 aromatic rings. The van der Waals surface area contributed by atoms with Crippen molar-refractivity contribution in [2.75, 3.05) is 12.3 Å². The Bertz CT molecular complexity index is 512. The maximum Gasteiger partial charge on any atom is 0.241 e. The summed E-state index contributed by atoms with van der Waals surface area (Å²) in [5.74, 6) is 0.00569. The van der Waals surface area contributed by atoms with E-state index in [-0.39, 0.29) is 17.4 Å². The zero-order valence-corrected chi connectivity index (χ0v) is 11.7. The minimum absolute atomic E-state index is 0.00569. The molecule has 18 heavy (non-hydrogen) atoms. The summed E-state index contributed by atoms with van der Waals surface area (Å²) in [6.07, 6.45) is 0. The third-order valence-corrected chi connectivity index (χ3v) is 4.44. The summed E-state index contributed by atoms with van der Waals surface area (Å²) < 4.78 is 26.9. The molecule has 1 aromatic carbocycles. The van der Waals surface area contributed by atoms with E-state index in [1.54, 1.807) is 19.1 Å². The van der Waals surface area contributed by atoms with Crippen molar-refractivity contribution in [3.05, 3.63) is 23.8 Å². The molecule has 0 unspecified atom stereocenters. The number of nitrogen functional groups attached to an aromatic ring is 1. The summed E-state index contributed by atoms with van der Waals surface area (Å²) in [6.45, 7) is 5.15. The van der Waals surface area contributed by atoms with E-state index in [9.17, 15) is 13.5 Å². The summed E-state index contributed by atoms with van der Waals surface area (Å²) in [7, 11) is -3.66. The number of sulfonamides is 1. The van der Waals surface area contributed by atoms with E-state index in [0.717, 1.165) is 0 Å². The molecule has 0 aromatic heterocycles. The lowest BCUT2D eigenvalue weighted by molar-refractivity contribution is 0.227. The molecule has 1 rings (SSSR count). The van der Waals surface area contributed by atoms with E-state index in [1.165, 1.54) is 6.07 Å². The predicted octanol–water partition coefficient (Wildman–Crippen LogP) is 0.872. The molecule has 0 saturated heterocycles. The minimum atomic E-state index is -3.66. The van der Waals surface area contributed by atoms with Crippen molar-refractivity contribution in [2.24, 2.45) is 5.92 Å². The molecule has 0 radical (unpaired) electrons. The quantitative estimate of drug-likeness (QED) is 0.694. The number of aliphatic hydroxyl groups is 1. The third kappa shape index (κ3) is 3.44. The van der Waals surface area contributed by atoms with E-state index in [2.05, 4.69) is 4.72 Å². The van der Waals surface area contributed by atoms with Crippen LogP contribution in [0.4, 0.5) is 5.69 Å². The van der Waals surface area contributed by atoms with Crippen LogP contribution in [0.3, 0.4) is 0 Å². The van der Waals surface area contributed by atoms with Crippen molar-refractivity contribution in [1.82, 2.24) is 4.72 Å². The predicted molar refractivity (Wildman–Crippen MR) is 71.6 cm³/mol. The average molecular weight is 272 g/mol. The van der Waals surface area contributed by atoms with Crippen LogP contribution in [0.25, 0.3) is 0 Å². The number of aliphatic hydroxyl groups excluding tert-OH is 1. The first kappa shape index (κ1) is 14.9. The molecule has 0 fully saturated rings. The average Bonchev–Trinajstić information content (AvgIpc) is 2.28. The molecule has 0 bridgehead atoms. The SMILES string of the molecule is Cc1ccc(N)cc1S(=O)(=O)N[C@H](CO)C(C)C. The monoisotopic (exact) mass is 272 g/mol. The molecule has 4 N–H and O–H groups in total. The van der Waals surface area contributed by atoms with Gasteiger partial charge in [0.2, 0.25) is 10.0 Å². The maximum absolute atomic E-state index is 12.2. The van der Waals surface area contributed by atoms with Crippen LogP contribution < -0.4 is 10.5 Å². The molecular weight excluding hydrogens is 252 g/mol. The van der Waals surface area contributed by atoms with Gasteiger partial charge in [0, 0.05) is 11.7 Å². The highest BCUT2D eigenvalue weighted by molar-refractivity contribution is 7.89. The second-order valence-electron chi connectivity index (χ2n) is 4.68. The van der Waals surface area contributed by atoms with Crippen molar-refractivity contribution in [3.8, 4) is 0 Å². The Morgan fingerprint density at radius 3 is 2.50 bits per heavy atom. The molecule has 0 aliphatic heterocycles. The van der Waals surface area contributed by atoms with E-state index in [0.29, 0.717) is 11.3 Å². The zero-order chi connectivity index (χ0) is 13.9. The molecular formula is C12H20N2O3S. The van der Waals surface area contributed by atoms with Crippen molar-refractivity contribution in [3.63, 3.8) is 0 Å². The number of hydrogen-bond donors (Lipinski definition) is 3. The molecule has 0 heterocycles. The first-order valence-electron chi connectivity index (χ1n) is 5.77. The number of anilines is 1. The maximum atomic E-state index is 12.2. The van der Waals surface area contributed by atoms with E-state index in [1.807, 2.05) is 13.8 Å². The fourth-order valence-corrected chi connectivity index (χ4v) is 3.21. The van der Waals surface area contributed by atoms with Gasteiger partial charge in [0.15, 0.2) is 0 Å². The lowest BCUT2D eigenvalue weighted by Crippen LogP contribution is -2.41. The van der Waals surface area contributed by atoms with E-state index >= 15 is 0 Å². The van der Waals surface area contributed by atoms with Gasteiger partial charge >= 0.3 is 0 Å². The van der Waals surface area contributed by atoms with Gasteiger partial charge in [-0.15, -0.1) is 0 Å². The van der Waals surface area contributed by atoms with Crippen LogP contribution in [0.1, 0.15) is 19.4 Å². The van der Waals surface area contributed by atoms with Crippen LogP contribution >= 0.6 is 0 Å². The molecule has 5 nitrogen and oxygen atoms in total. The zero-order valence-electron chi connectivity index (χ0n) is 10.8. The largest absolute Gasteiger partial charge is 0.399 e. The second kappa shape index (κ2) is 5.69. The van der Waals surface area contributed by atoms with Crippen molar-refractivity contribution in [1.29, 1.82) is 0 Å². The van der Waals surface area contributed by atoms with Gasteiger partial charge in [-0.2, -0.15) is 0 Å². The first-order chi connectivity index (χ1) is 8.27. The van der Waals surface area contributed by atoms with Crippen LogP contribution in [0.2, 0.25) is 0 Å². The molecule has 6 heteroatoms. The number of hydrogen-bond acceptors (Lipinski definition) is 4. The van der Waals surface area contributed by atoms with Crippen molar-refractivity contribution >= 4 is 15.7 Å². The number of benzene rings is 1. The van der Waals surface area contributed by atoms with Crippen LogP contribution in [-0.2, 0) is 10.0 Å². The molecule has 0 aliphatic carbocycles. The highest BCUT2D eigenvalue weighted by atomic mass is 32.2. The summed E-state index contributed by atoms with van der Waals surface area (Å²) >= 11 is 0. The van der Waals surface area contributed by atoms with Gasteiger partial charge in [-0.1, -0.05) is 19.9 Å². The lowest BCUT2D eigenvalue weighted by Gasteiger charge is -2.20. The Morgan fingerprint density at radius 1 is 1.39 bits per heavy atom. The number of nitrogens with one attached hydrogen (secondary N) is 1. The summed E-state index contributed by atoms with van der Waals surface area (Å²) in [4.78, 5) is 0.154. The third-order valence-electron chi connectivity index (χ3n) is 2.81. The highest BCUT2D eigenvalue weighted by Gasteiger charge is 2.23. The first-order valence-corrected chi connectivity index (χ1v) is 7.25. The molecule has 1 atom stereocenters. The standard InChI is InChI=1S/C12H20N2O3S/c1-8(2)11(7-15)14-18(16,17)12-6-10(13)5-4-9(12)3/h4-6,8,11,14-15H,7,13H2,1-3H3/t11-/m1/s1. The van der Waals surface area contributed by atoms with Gasteiger partial charge in [-0.3, -0.25) is 0 Å². The topological polar surface area (TPSA) is 92.4 Å². The van der Waals surface area contributed by atoms with Crippen LogP contribution in [0.5, 0.6) is 0 Å². The normalized spacial score (nSPS) is 13.8. The van der Waals surface area contributed by atoms with Crippen LogP contribution in [0.15, 0.2) is 23.1 Å². The van der Waals surface area contributed by atoms with E-state index in [4.69, 9.17) is 5.73 Å². The summed E-state index contributed by atoms with van der Waals surface area (Å²) in [5, 5.41) is 9.18.